The van der Waals surface area contributed by atoms with E-state index in [0.717, 1.165) is 17.7 Å². The Kier molecular flexibility index (Phi) is 3.29. The predicted molar refractivity (Wildman–Crippen MR) is 66.2 cm³/mol. The van der Waals surface area contributed by atoms with E-state index >= 15 is 0 Å². The Balaban J connectivity index is 2.55. The molecule has 0 fully saturated rings. The summed E-state index contributed by atoms with van der Waals surface area (Å²) in [6.07, 6.45) is 0.839. The lowest BCUT2D eigenvalue weighted by Crippen LogP contribution is -2.23. The van der Waals surface area contributed by atoms with Gasteiger partial charge in [0.05, 0.1) is 10.3 Å². The van der Waals surface area contributed by atoms with Crippen LogP contribution in [0.2, 0.25) is 10.0 Å². The highest BCUT2D eigenvalue weighted by molar-refractivity contribution is 8.00. The van der Waals surface area contributed by atoms with Crippen LogP contribution < -0.4 is 0 Å². The van der Waals surface area contributed by atoms with Crippen LogP contribution in [0, 0.1) is 0 Å². The molecule has 80 valence electrons. The van der Waals surface area contributed by atoms with Crippen molar-refractivity contribution in [2.75, 3.05) is 0 Å². The lowest BCUT2D eigenvalue weighted by atomic mass is 10.0. The maximum Gasteiger partial charge on any atom is 0.177 e. The van der Waals surface area contributed by atoms with Gasteiger partial charge in [-0.2, -0.15) is 0 Å². The molecule has 0 saturated heterocycles. The minimum absolute atomic E-state index is 0.0356. The molecule has 0 bridgehead atoms. The van der Waals surface area contributed by atoms with E-state index in [1.165, 1.54) is 0 Å². The van der Waals surface area contributed by atoms with Crippen molar-refractivity contribution in [1.29, 1.82) is 0 Å². The van der Waals surface area contributed by atoms with Crippen molar-refractivity contribution >= 4 is 40.7 Å². The third kappa shape index (κ3) is 1.91. The molecule has 0 aromatic heterocycles. The fourth-order valence-corrected chi connectivity index (χ4v) is 3.47. The fraction of sp³-hybridized carbons (Fsp3) is 0.364. The Morgan fingerprint density at radius 3 is 2.73 bits per heavy atom. The Labute approximate surface area is 103 Å². The highest BCUT2D eigenvalue weighted by Gasteiger charge is 2.29. The van der Waals surface area contributed by atoms with E-state index in [-0.39, 0.29) is 11.0 Å². The highest BCUT2D eigenvalue weighted by Crippen LogP contribution is 2.38. The van der Waals surface area contributed by atoms with Gasteiger partial charge in [0.15, 0.2) is 5.78 Å². The van der Waals surface area contributed by atoms with Crippen LogP contribution in [0.5, 0.6) is 0 Å². The third-order valence-corrected chi connectivity index (χ3v) is 4.62. The van der Waals surface area contributed by atoms with Crippen LogP contribution in [0.1, 0.15) is 29.3 Å². The van der Waals surface area contributed by atoms with Crippen LogP contribution in [0.15, 0.2) is 12.1 Å². The number of hydrogen-bond donors (Lipinski definition) is 0. The van der Waals surface area contributed by atoms with E-state index < -0.39 is 0 Å². The molecular formula is C11H10Cl2OS. The molecule has 1 aromatic rings. The molecule has 1 unspecified atom stereocenters. The normalized spacial score (nSPS) is 20.2. The number of hydrogen-bond acceptors (Lipinski definition) is 2. The molecule has 1 heterocycles. The number of fused-ring (bicyclic) bond motifs is 1. The van der Waals surface area contributed by atoms with Gasteiger partial charge in [0, 0.05) is 16.3 Å². The van der Waals surface area contributed by atoms with E-state index in [4.69, 9.17) is 23.2 Å². The molecule has 4 heteroatoms. The quantitative estimate of drug-likeness (QED) is 0.753. The number of benzene rings is 1. The van der Waals surface area contributed by atoms with Crippen LogP contribution in [-0.4, -0.2) is 11.0 Å². The van der Waals surface area contributed by atoms with Crippen LogP contribution >= 0.6 is 35.0 Å². The highest BCUT2D eigenvalue weighted by atomic mass is 35.5. The average molecular weight is 261 g/mol. The minimum atomic E-state index is 0.0356. The average Bonchev–Trinajstić information content (AvgIpc) is 2.23. The second kappa shape index (κ2) is 4.36. The van der Waals surface area contributed by atoms with Crippen LogP contribution in [0.4, 0.5) is 0 Å². The van der Waals surface area contributed by atoms with E-state index in [1.807, 2.05) is 6.92 Å². The van der Waals surface area contributed by atoms with Crippen LogP contribution in [0.3, 0.4) is 0 Å². The Morgan fingerprint density at radius 2 is 2.07 bits per heavy atom. The van der Waals surface area contributed by atoms with E-state index in [0.29, 0.717) is 15.6 Å². The number of thioether (sulfide) groups is 1. The van der Waals surface area contributed by atoms with Crippen molar-refractivity contribution in [3.8, 4) is 0 Å². The zero-order chi connectivity index (χ0) is 11.0. The van der Waals surface area contributed by atoms with Crippen molar-refractivity contribution in [1.82, 2.24) is 0 Å². The summed E-state index contributed by atoms with van der Waals surface area (Å²) in [5, 5.41) is 1.21. The molecule has 1 atom stereocenters. The van der Waals surface area contributed by atoms with Gasteiger partial charge in [0.2, 0.25) is 0 Å². The van der Waals surface area contributed by atoms with Crippen molar-refractivity contribution in [3.05, 3.63) is 33.3 Å². The Hall–Kier alpha value is -0.180. The summed E-state index contributed by atoms with van der Waals surface area (Å²) in [7, 11) is 0. The van der Waals surface area contributed by atoms with Crippen molar-refractivity contribution in [3.63, 3.8) is 0 Å². The first kappa shape index (κ1) is 11.3. The summed E-state index contributed by atoms with van der Waals surface area (Å²) < 4.78 is 0. The van der Waals surface area contributed by atoms with Gasteiger partial charge in [0.25, 0.3) is 0 Å². The number of carbonyl (C=O) groups is 1. The number of rotatable bonds is 1. The molecule has 0 spiro atoms. The minimum Gasteiger partial charge on any atom is -0.293 e. The molecule has 0 N–H and O–H groups in total. The first-order valence-electron chi connectivity index (χ1n) is 4.77. The van der Waals surface area contributed by atoms with Crippen LogP contribution in [0.25, 0.3) is 0 Å². The molecule has 0 amide bonds. The molecular weight excluding hydrogens is 251 g/mol. The molecule has 0 radical (unpaired) electrons. The van der Waals surface area contributed by atoms with Gasteiger partial charge in [-0.15, -0.1) is 11.8 Å². The van der Waals surface area contributed by atoms with E-state index in [2.05, 4.69) is 0 Å². The molecule has 1 aliphatic rings. The summed E-state index contributed by atoms with van der Waals surface area (Å²) in [6.45, 7) is 2.01. The summed E-state index contributed by atoms with van der Waals surface area (Å²) in [4.78, 5) is 12.1. The van der Waals surface area contributed by atoms with E-state index in [1.54, 1.807) is 23.9 Å². The largest absolute Gasteiger partial charge is 0.293 e. The lowest BCUT2D eigenvalue weighted by molar-refractivity contribution is 0.0986. The number of ketones is 1. The monoisotopic (exact) mass is 260 g/mol. The predicted octanol–water partition coefficient (Wildman–Crippen LogP) is 4.20. The maximum absolute atomic E-state index is 12.1. The maximum atomic E-state index is 12.1. The van der Waals surface area contributed by atoms with Crippen molar-refractivity contribution < 1.29 is 4.79 Å². The van der Waals surface area contributed by atoms with Gasteiger partial charge >= 0.3 is 0 Å². The van der Waals surface area contributed by atoms with Gasteiger partial charge in [-0.3, -0.25) is 4.79 Å². The summed E-state index contributed by atoms with van der Waals surface area (Å²) >= 11 is 13.7. The van der Waals surface area contributed by atoms with Gasteiger partial charge in [0.1, 0.15) is 0 Å². The summed E-state index contributed by atoms with van der Waals surface area (Å²) in [6, 6.07) is 3.45. The molecule has 0 saturated carbocycles. The van der Waals surface area contributed by atoms with E-state index in [9.17, 15) is 4.79 Å². The zero-order valence-electron chi connectivity index (χ0n) is 8.22. The second-order valence-electron chi connectivity index (χ2n) is 3.45. The first-order chi connectivity index (χ1) is 7.15. The topological polar surface area (TPSA) is 17.1 Å². The van der Waals surface area contributed by atoms with Crippen molar-refractivity contribution in [2.24, 2.45) is 0 Å². The number of Topliss-reactive ketones (excluding diaryl/α,β-unsaturated/α-hetero) is 1. The molecule has 0 aliphatic carbocycles. The standard InChI is InChI=1S/C11H10Cl2OS/c1-2-9-11(14)10-6(5-15-9)7(12)3-4-8(10)13/h3-4,9H,2,5H2,1H3. The Morgan fingerprint density at radius 1 is 1.40 bits per heavy atom. The molecule has 15 heavy (non-hydrogen) atoms. The van der Waals surface area contributed by atoms with Crippen molar-refractivity contribution in [2.45, 2.75) is 24.3 Å². The molecule has 2 rings (SSSR count). The molecule has 1 aliphatic heterocycles. The van der Waals surface area contributed by atoms with Gasteiger partial charge in [-0.05, 0) is 24.1 Å². The van der Waals surface area contributed by atoms with Crippen LogP contribution in [-0.2, 0) is 5.75 Å². The third-order valence-electron chi connectivity index (χ3n) is 2.54. The summed E-state index contributed by atoms with van der Waals surface area (Å²) in [5.41, 5.74) is 1.53. The first-order valence-corrected chi connectivity index (χ1v) is 6.58. The zero-order valence-corrected chi connectivity index (χ0v) is 10.5. The second-order valence-corrected chi connectivity index (χ2v) is 5.46. The molecule has 1 nitrogen and oxygen atoms in total. The summed E-state index contributed by atoms with van der Waals surface area (Å²) in [5.74, 6) is 0.898. The van der Waals surface area contributed by atoms with Gasteiger partial charge in [-0.1, -0.05) is 30.1 Å². The number of carbonyl (C=O) groups excluding carboxylic acids is 1. The van der Waals surface area contributed by atoms with Gasteiger partial charge in [-0.25, -0.2) is 0 Å². The SMILES string of the molecule is CCC1SCc2c(Cl)ccc(Cl)c2C1=O. The smallest absolute Gasteiger partial charge is 0.177 e. The van der Waals surface area contributed by atoms with Gasteiger partial charge < -0.3 is 0 Å². The Bertz CT molecular complexity index is 417. The lowest BCUT2D eigenvalue weighted by Gasteiger charge is -2.23. The molecule has 1 aromatic carbocycles. The number of halogens is 2. The fourth-order valence-electron chi connectivity index (χ4n) is 1.73.